The first kappa shape index (κ1) is 25.1. The first-order valence-electron chi connectivity index (χ1n) is 11.4. The molecule has 0 unspecified atom stereocenters. The summed E-state index contributed by atoms with van der Waals surface area (Å²) in [4.78, 5) is 41.3. The van der Waals surface area contributed by atoms with Crippen LogP contribution in [-0.4, -0.2) is 77.2 Å². The number of anilines is 2. The van der Waals surface area contributed by atoms with Crippen LogP contribution in [0.4, 0.5) is 15.8 Å². The number of morpholine rings is 1. The maximum Gasteiger partial charge on any atom is 0.259 e. The molecule has 2 aromatic carbocycles. The Morgan fingerprint density at radius 3 is 2.50 bits per heavy atom. The number of rotatable bonds is 6. The number of carbonyl (C=O) groups is 3. The Bertz CT molecular complexity index is 1180. The first-order chi connectivity index (χ1) is 17.3. The minimum Gasteiger partial charge on any atom is -0.409 e. The second kappa shape index (κ2) is 10.7. The van der Waals surface area contributed by atoms with E-state index in [9.17, 15) is 23.9 Å². The largest absolute Gasteiger partial charge is 0.409 e. The summed E-state index contributed by atoms with van der Waals surface area (Å²) in [6.07, 6.45) is -1.63. The van der Waals surface area contributed by atoms with Crippen molar-refractivity contribution in [1.29, 1.82) is 0 Å². The van der Waals surface area contributed by atoms with E-state index in [4.69, 9.17) is 15.7 Å². The number of nitrogens with one attached hydrogen (secondary N) is 1. The molecule has 11 nitrogen and oxygen atoms in total. The number of aliphatic hydroxyl groups excluding tert-OH is 1. The van der Waals surface area contributed by atoms with Gasteiger partial charge >= 0.3 is 0 Å². The number of ether oxygens (including phenoxy) is 1. The van der Waals surface area contributed by atoms with Crippen molar-refractivity contribution in [2.45, 2.75) is 25.0 Å². The number of nitrogens with two attached hydrogens (primary N) is 1. The van der Waals surface area contributed by atoms with Gasteiger partial charge in [-0.2, -0.15) is 0 Å². The summed E-state index contributed by atoms with van der Waals surface area (Å²) >= 11 is 0. The number of nitrogens with zero attached hydrogens (tertiary/aromatic N) is 3. The van der Waals surface area contributed by atoms with Crippen LogP contribution in [0.3, 0.4) is 0 Å². The summed E-state index contributed by atoms with van der Waals surface area (Å²) in [5.74, 6) is -2.82. The monoisotopic (exact) mass is 499 g/mol. The number of hydrogen-bond donors (Lipinski definition) is 4. The molecule has 2 aliphatic rings. The van der Waals surface area contributed by atoms with Crippen molar-refractivity contribution in [3.63, 3.8) is 0 Å². The second-order valence-electron chi connectivity index (χ2n) is 8.44. The van der Waals surface area contributed by atoms with Crippen molar-refractivity contribution in [2.75, 3.05) is 36.5 Å². The third-order valence-electron chi connectivity index (χ3n) is 6.12. The molecule has 4 rings (SSSR count). The van der Waals surface area contributed by atoms with Gasteiger partial charge in [0, 0.05) is 36.6 Å². The molecule has 2 aromatic rings. The minimum atomic E-state index is -1.84. The molecular weight excluding hydrogens is 473 g/mol. The van der Waals surface area contributed by atoms with Crippen LogP contribution >= 0.6 is 0 Å². The van der Waals surface area contributed by atoms with Crippen molar-refractivity contribution in [1.82, 2.24) is 4.90 Å². The van der Waals surface area contributed by atoms with Crippen molar-refractivity contribution < 1.29 is 33.8 Å². The van der Waals surface area contributed by atoms with Crippen LogP contribution in [-0.2, 0) is 14.3 Å². The number of amides is 3. The molecule has 0 radical (unpaired) electrons. The van der Waals surface area contributed by atoms with E-state index in [-0.39, 0.29) is 30.2 Å². The Kier molecular flexibility index (Phi) is 7.46. The Morgan fingerprint density at radius 1 is 1.14 bits per heavy atom. The molecule has 36 heavy (non-hydrogen) atoms. The highest BCUT2D eigenvalue weighted by atomic mass is 19.1. The molecule has 5 N–H and O–H groups in total. The van der Waals surface area contributed by atoms with E-state index in [2.05, 4.69) is 10.5 Å². The maximum absolute atomic E-state index is 14.5. The summed E-state index contributed by atoms with van der Waals surface area (Å²) in [5, 5.41) is 24.7. The van der Waals surface area contributed by atoms with Gasteiger partial charge in [-0.05, 0) is 55.3 Å². The number of oxime groups is 1. The fourth-order valence-corrected chi connectivity index (χ4v) is 4.16. The average molecular weight is 499 g/mol. The zero-order valence-electron chi connectivity index (χ0n) is 19.3. The molecule has 2 saturated heterocycles. The van der Waals surface area contributed by atoms with E-state index in [1.165, 1.54) is 41.3 Å². The number of benzene rings is 2. The number of halogens is 1. The second-order valence-corrected chi connectivity index (χ2v) is 8.44. The van der Waals surface area contributed by atoms with Gasteiger partial charge in [-0.3, -0.25) is 14.4 Å². The lowest BCUT2D eigenvalue weighted by molar-refractivity contribution is -0.150. The van der Waals surface area contributed by atoms with E-state index < -0.39 is 35.7 Å². The zero-order valence-corrected chi connectivity index (χ0v) is 19.3. The maximum atomic E-state index is 14.5. The molecular formula is C24H26FN5O6. The van der Waals surface area contributed by atoms with E-state index in [0.717, 1.165) is 18.9 Å². The lowest BCUT2D eigenvalue weighted by Gasteiger charge is -2.34. The SMILES string of the molecule is N/C(=N\O)c1ccc(NC(=O)[C@H](O)[C@H]2OCCN(c3ccc(F)c(C(=O)N4CCCC4)c3)C2=O)cc1. The van der Waals surface area contributed by atoms with Gasteiger partial charge in [0.15, 0.2) is 18.0 Å². The predicted octanol–water partition coefficient (Wildman–Crippen LogP) is 0.888. The van der Waals surface area contributed by atoms with Crippen LogP contribution in [0.25, 0.3) is 0 Å². The molecule has 2 fully saturated rings. The molecule has 2 heterocycles. The zero-order chi connectivity index (χ0) is 25.8. The summed E-state index contributed by atoms with van der Waals surface area (Å²) in [7, 11) is 0. The van der Waals surface area contributed by atoms with Gasteiger partial charge in [0.05, 0.1) is 12.2 Å². The molecule has 0 aromatic heterocycles. The summed E-state index contributed by atoms with van der Waals surface area (Å²) < 4.78 is 19.8. The molecule has 190 valence electrons. The van der Waals surface area contributed by atoms with Gasteiger partial charge in [-0.15, -0.1) is 0 Å². The Morgan fingerprint density at radius 2 is 1.83 bits per heavy atom. The lowest BCUT2D eigenvalue weighted by atomic mass is 10.1. The molecule has 3 amide bonds. The van der Waals surface area contributed by atoms with Crippen LogP contribution in [0.5, 0.6) is 0 Å². The highest BCUT2D eigenvalue weighted by molar-refractivity contribution is 6.05. The van der Waals surface area contributed by atoms with E-state index in [1.54, 1.807) is 4.90 Å². The normalized spacial score (nSPS) is 19.3. The van der Waals surface area contributed by atoms with Gasteiger partial charge in [0.2, 0.25) is 0 Å². The Hall–Kier alpha value is -4.03. The molecule has 0 aliphatic carbocycles. The summed E-state index contributed by atoms with van der Waals surface area (Å²) in [5.41, 5.74) is 6.35. The fraction of sp³-hybridized carbons (Fsp3) is 0.333. The molecule has 2 atom stereocenters. The summed E-state index contributed by atoms with van der Waals surface area (Å²) in [6.45, 7) is 1.21. The van der Waals surface area contributed by atoms with Crippen LogP contribution < -0.4 is 16.0 Å². The topological polar surface area (TPSA) is 158 Å². The van der Waals surface area contributed by atoms with E-state index in [1.807, 2.05) is 0 Å². The summed E-state index contributed by atoms with van der Waals surface area (Å²) in [6, 6.07) is 9.75. The van der Waals surface area contributed by atoms with Crippen molar-refractivity contribution in [2.24, 2.45) is 10.9 Å². The average Bonchev–Trinajstić information content (AvgIpc) is 3.43. The van der Waals surface area contributed by atoms with Crippen LogP contribution in [0.1, 0.15) is 28.8 Å². The number of aliphatic hydroxyl groups is 1. The van der Waals surface area contributed by atoms with Gasteiger partial charge in [-0.1, -0.05) is 5.16 Å². The van der Waals surface area contributed by atoms with Crippen molar-refractivity contribution >= 4 is 34.9 Å². The highest BCUT2D eigenvalue weighted by Crippen LogP contribution is 2.25. The fourth-order valence-electron chi connectivity index (χ4n) is 4.16. The number of carbonyl (C=O) groups excluding carboxylic acids is 3. The highest BCUT2D eigenvalue weighted by Gasteiger charge is 2.39. The lowest BCUT2D eigenvalue weighted by Crippen LogP contribution is -2.55. The third-order valence-corrected chi connectivity index (χ3v) is 6.12. The van der Waals surface area contributed by atoms with Gasteiger partial charge in [0.1, 0.15) is 5.82 Å². The molecule has 12 heteroatoms. The number of amidine groups is 1. The standard InChI is InChI=1S/C24H26FN5O6/c25-18-8-7-16(13-17(18)23(33)29-9-1-2-10-29)30-11-12-36-20(24(30)34)19(31)22(32)27-15-5-3-14(4-6-15)21(26)28-35/h3-8,13,19-20,31,35H,1-2,9-12H2,(H2,26,28)(H,27,32)/t19-,20-/m1/s1. The smallest absolute Gasteiger partial charge is 0.259 e. The molecule has 2 aliphatic heterocycles. The van der Waals surface area contributed by atoms with E-state index in [0.29, 0.717) is 24.3 Å². The quantitative estimate of drug-likeness (QED) is 0.199. The first-order valence-corrected chi connectivity index (χ1v) is 11.4. The molecule has 0 saturated carbocycles. The third kappa shape index (κ3) is 5.14. The predicted molar refractivity (Wildman–Crippen MR) is 127 cm³/mol. The minimum absolute atomic E-state index is 0.0159. The van der Waals surface area contributed by atoms with Crippen molar-refractivity contribution in [3.05, 3.63) is 59.4 Å². The van der Waals surface area contributed by atoms with Crippen LogP contribution in [0, 0.1) is 5.82 Å². The molecule has 0 spiro atoms. The van der Waals surface area contributed by atoms with Crippen LogP contribution in [0.15, 0.2) is 47.6 Å². The molecule has 0 bridgehead atoms. The van der Waals surface area contributed by atoms with Crippen LogP contribution in [0.2, 0.25) is 0 Å². The van der Waals surface area contributed by atoms with E-state index >= 15 is 0 Å². The van der Waals surface area contributed by atoms with Gasteiger partial charge in [-0.25, -0.2) is 4.39 Å². The van der Waals surface area contributed by atoms with Crippen molar-refractivity contribution in [3.8, 4) is 0 Å². The van der Waals surface area contributed by atoms with Gasteiger partial charge in [0.25, 0.3) is 17.7 Å². The Balaban J connectivity index is 1.47. The van der Waals surface area contributed by atoms with Gasteiger partial charge < -0.3 is 35.9 Å². The number of hydrogen-bond acceptors (Lipinski definition) is 7. The number of likely N-dealkylation sites (tertiary alicyclic amines) is 1. The Labute approximate surface area is 205 Å².